The molecule has 0 unspecified atom stereocenters. The lowest BCUT2D eigenvalue weighted by molar-refractivity contribution is 0.559. The summed E-state index contributed by atoms with van der Waals surface area (Å²) in [4.78, 5) is 0. The fourth-order valence-corrected chi connectivity index (χ4v) is 2.18. The number of fused-ring (bicyclic) bond motifs is 1. The Morgan fingerprint density at radius 1 is 1.24 bits per heavy atom. The summed E-state index contributed by atoms with van der Waals surface area (Å²) in [5.41, 5.74) is 2.41. The predicted molar refractivity (Wildman–Crippen MR) is 72.0 cm³/mol. The predicted octanol–water partition coefficient (Wildman–Crippen LogP) is 2.95. The van der Waals surface area contributed by atoms with Crippen LogP contribution in [0, 0.1) is 0 Å². The van der Waals surface area contributed by atoms with Crippen molar-refractivity contribution >= 4 is 10.9 Å². The van der Waals surface area contributed by atoms with Gasteiger partial charge in [-0.2, -0.15) is 5.10 Å². The number of nitrogens with zero attached hydrogens (tertiary/aromatic N) is 2. The Morgan fingerprint density at radius 3 is 2.82 bits per heavy atom. The van der Waals surface area contributed by atoms with E-state index in [2.05, 4.69) is 41.2 Å². The number of rotatable bonds is 6. The summed E-state index contributed by atoms with van der Waals surface area (Å²) < 4.78 is 2.15. The molecule has 1 aromatic carbocycles. The number of benzene rings is 1. The van der Waals surface area contributed by atoms with Gasteiger partial charge >= 0.3 is 0 Å². The third kappa shape index (κ3) is 2.67. The lowest BCUT2D eigenvalue weighted by Crippen LogP contribution is -2.07. The molecule has 3 heteroatoms. The number of para-hydroxylation sites is 1. The molecular weight excluding hydrogens is 210 g/mol. The van der Waals surface area contributed by atoms with E-state index in [-0.39, 0.29) is 0 Å². The van der Waals surface area contributed by atoms with Crippen LogP contribution < -0.4 is 5.32 Å². The first-order chi connectivity index (χ1) is 8.36. The normalized spacial score (nSPS) is 11.2. The molecule has 0 bridgehead atoms. The van der Waals surface area contributed by atoms with Crippen molar-refractivity contribution in [3.05, 3.63) is 30.0 Å². The molecule has 0 aliphatic carbocycles. The van der Waals surface area contributed by atoms with Crippen LogP contribution in [0.4, 0.5) is 0 Å². The van der Waals surface area contributed by atoms with Crippen molar-refractivity contribution in [3.8, 4) is 0 Å². The second-order valence-electron chi connectivity index (χ2n) is 4.42. The van der Waals surface area contributed by atoms with E-state index in [4.69, 9.17) is 5.10 Å². The van der Waals surface area contributed by atoms with Crippen molar-refractivity contribution in [2.75, 3.05) is 7.05 Å². The van der Waals surface area contributed by atoms with Crippen LogP contribution in [0.1, 0.15) is 31.9 Å². The maximum Gasteiger partial charge on any atom is 0.0841 e. The molecule has 1 heterocycles. The SMILES string of the molecule is CCCCCn1nc(CNC)c2ccccc21. The van der Waals surface area contributed by atoms with E-state index in [9.17, 15) is 0 Å². The number of aromatic nitrogens is 2. The standard InChI is InChI=1S/C14H21N3/c1-3-4-7-10-17-14-9-6-5-8-12(14)13(16-17)11-15-2/h5-6,8-9,15H,3-4,7,10-11H2,1-2H3. The summed E-state index contributed by atoms with van der Waals surface area (Å²) in [5, 5.41) is 9.16. The van der Waals surface area contributed by atoms with Crippen LogP contribution in [0.15, 0.2) is 24.3 Å². The average Bonchev–Trinajstić information content (AvgIpc) is 2.70. The van der Waals surface area contributed by atoms with E-state index in [0.717, 1.165) is 18.8 Å². The fraction of sp³-hybridized carbons (Fsp3) is 0.500. The largest absolute Gasteiger partial charge is 0.314 e. The van der Waals surface area contributed by atoms with Gasteiger partial charge < -0.3 is 5.32 Å². The Kier molecular flexibility index (Phi) is 4.15. The Balaban J connectivity index is 2.28. The third-order valence-electron chi connectivity index (χ3n) is 3.05. The highest BCUT2D eigenvalue weighted by Gasteiger charge is 2.08. The van der Waals surface area contributed by atoms with Gasteiger partial charge in [-0.15, -0.1) is 0 Å². The number of hydrogen-bond acceptors (Lipinski definition) is 2. The summed E-state index contributed by atoms with van der Waals surface area (Å²) >= 11 is 0. The van der Waals surface area contributed by atoms with Gasteiger partial charge in [0.05, 0.1) is 11.2 Å². The molecule has 1 aromatic heterocycles. The molecule has 0 saturated heterocycles. The molecule has 0 amide bonds. The minimum atomic E-state index is 0.835. The maximum absolute atomic E-state index is 4.71. The Morgan fingerprint density at radius 2 is 2.06 bits per heavy atom. The van der Waals surface area contributed by atoms with Gasteiger partial charge in [-0.3, -0.25) is 4.68 Å². The van der Waals surface area contributed by atoms with Crippen LogP contribution in [0.5, 0.6) is 0 Å². The minimum absolute atomic E-state index is 0.835. The van der Waals surface area contributed by atoms with Crippen LogP contribution in [-0.2, 0) is 13.1 Å². The van der Waals surface area contributed by atoms with Gasteiger partial charge in [0.15, 0.2) is 0 Å². The topological polar surface area (TPSA) is 29.9 Å². The van der Waals surface area contributed by atoms with Gasteiger partial charge in [0.2, 0.25) is 0 Å². The highest BCUT2D eigenvalue weighted by Crippen LogP contribution is 2.18. The summed E-state index contributed by atoms with van der Waals surface area (Å²) in [6.07, 6.45) is 3.74. The van der Waals surface area contributed by atoms with Gasteiger partial charge in [-0.05, 0) is 19.5 Å². The van der Waals surface area contributed by atoms with Gasteiger partial charge in [-0.25, -0.2) is 0 Å². The van der Waals surface area contributed by atoms with Gasteiger partial charge in [0.25, 0.3) is 0 Å². The van der Waals surface area contributed by atoms with E-state index in [1.54, 1.807) is 0 Å². The van der Waals surface area contributed by atoms with E-state index in [1.807, 2.05) is 7.05 Å². The van der Waals surface area contributed by atoms with Crippen LogP contribution in [0.2, 0.25) is 0 Å². The molecule has 0 aliphatic heterocycles. The zero-order chi connectivity index (χ0) is 12.1. The number of nitrogens with one attached hydrogen (secondary N) is 1. The van der Waals surface area contributed by atoms with Crippen molar-refractivity contribution in [2.24, 2.45) is 0 Å². The average molecular weight is 231 g/mol. The van der Waals surface area contributed by atoms with Crippen molar-refractivity contribution in [1.29, 1.82) is 0 Å². The van der Waals surface area contributed by atoms with Crippen molar-refractivity contribution < 1.29 is 0 Å². The fourth-order valence-electron chi connectivity index (χ4n) is 2.18. The molecule has 0 radical (unpaired) electrons. The lowest BCUT2D eigenvalue weighted by atomic mass is 10.2. The van der Waals surface area contributed by atoms with Crippen LogP contribution >= 0.6 is 0 Å². The Labute approximate surface area is 103 Å². The molecule has 0 saturated carbocycles. The molecule has 2 aromatic rings. The number of aryl methyl sites for hydroxylation is 1. The van der Waals surface area contributed by atoms with E-state index >= 15 is 0 Å². The van der Waals surface area contributed by atoms with Crippen molar-refractivity contribution in [1.82, 2.24) is 15.1 Å². The Bertz CT molecular complexity index is 473. The molecule has 3 nitrogen and oxygen atoms in total. The first-order valence-electron chi connectivity index (χ1n) is 6.46. The number of hydrogen-bond donors (Lipinski definition) is 1. The second kappa shape index (κ2) is 5.82. The molecule has 2 rings (SSSR count). The zero-order valence-corrected chi connectivity index (χ0v) is 10.7. The van der Waals surface area contributed by atoms with E-state index < -0.39 is 0 Å². The van der Waals surface area contributed by atoms with E-state index in [0.29, 0.717) is 0 Å². The molecule has 92 valence electrons. The monoisotopic (exact) mass is 231 g/mol. The molecule has 0 fully saturated rings. The summed E-state index contributed by atoms with van der Waals surface area (Å²) in [7, 11) is 1.96. The first kappa shape index (κ1) is 12.1. The quantitative estimate of drug-likeness (QED) is 0.775. The summed E-state index contributed by atoms with van der Waals surface area (Å²) in [6, 6.07) is 8.49. The van der Waals surface area contributed by atoms with Crippen molar-refractivity contribution in [2.45, 2.75) is 39.3 Å². The first-order valence-corrected chi connectivity index (χ1v) is 6.46. The second-order valence-corrected chi connectivity index (χ2v) is 4.42. The zero-order valence-electron chi connectivity index (χ0n) is 10.7. The van der Waals surface area contributed by atoms with Crippen LogP contribution in [0.3, 0.4) is 0 Å². The van der Waals surface area contributed by atoms with Gasteiger partial charge in [0.1, 0.15) is 0 Å². The highest BCUT2D eigenvalue weighted by molar-refractivity contribution is 5.81. The minimum Gasteiger partial charge on any atom is -0.314 e. The van der Waals surface area contributed by atoms with Crippen LogP contribution in [0.25, 0.3) is 10.9 Å². The molecule has 0 aliphatic rings. The molecular formula is C14H21N3. The van der Waals surface area contributed by atoms with Gasteiger partial charge in [0, 0.05) is 18.5 Å². The highest BCUT2D eigenvalue weighted by atomic mass is 15.3. The third-order valence-corrected chi connectivity index (χ3v) is 3.05. The summed E-state index contributed by atoms with van der Waals surface area (Å²) in [5.74, 6) is 0. The van der Waals surface area contributed by atoms with Gasteiger partial charge in [-0.1, -0.05) is 38.0 Å². The molecule has 0 atom stereocenters. The number of unbranched alkanes of at least 4 members (excludes halogenated alkanes) is 2. The maximum atomic E-state index is 4.71. The Hall–Kier alpha value is -1.35. The molecule has 1 N–H and O–H groups in total. The molecule has 17 heavy (non-hydrogen) atoms. The van der Waals surface area contributed by atoms with Crippen LogP contribution in [-0.4, -0.2) is 16.8 Å². The smallest absolute Gasteiger partial charge is 0.0841 e. The summed E-state index contributed by atoms with van der Waals surface area (Å²) in [6.45, 7) is 4.09. The van der Waals surface area contributed by atoms with Crippen molar-refractivity contribution in [3.63, 3.8) is 0 Å². The lowest BCUT2D eigenvalue weighted by Gasteiger charge is -2.01. The van der Waals surface area contributed by atoms with E-state index in [1.165, 1.54) is 30.2 Å². The molecule has 0 spiro atoms.